The minimum absolute atomic E-state index is 0.0274. The number of allylic oxidation sites excluding steroid dienone is 5. The van der Waals surface area contributed by atoms with Crippen LogP contribution in [0.3, 0.4) is 0 Å². The van der Waals surface area contributed by atoms with Gasteiger partial charge in [-0.25, -0.2) is 9.59 Å². The highest BCUT2D eigenvalue weighted by molar-refractivity contribution is 6.07. The molecule has 8 aliphatic rings. The molecule has 5 N–H and O–H groups in total. The Hall–Kier alpha value is -4.80. The Morgan fingerprint density at radius 3 is 2.52 bits per heavy atom. The maximum atomic E-state index is 15.0. The van der Waals surface area contributed by atoms with Crippen LogP contribution in [-0.4, -0.2) is 54.6 Å². The molecule has 9 heteroatoms. The van der Waals surface area contributed by atoms with Gasteiger partial charge in [0.1, 0.15) is 17.3 Å². The number of hydrogen-bond donors (Lipinski definition) is 5. The van der Waals surface area contributed by atoms with E-state index in [1.165, 1.54) is 43.2 Å². The molecule has 0 unspecified atom stereocenters. The number of aliphatic hydroxyl groups is 1. The van der Waals surface area contributed by atoms with Gasteiger partial charge in [0.2, 0.25) is 0 Å². The number of piperidine rings is 1. The first-order valence-electron chi connectivity index (χ1n) is 24.9. The number of nitrogens with one attached hydrogen (secondary N) is 3. The second-order valence-corrected chi connectivity index (χ2v) is 20.1. The van der Waals surface area contributed by atoms with Crippen molar-refractivity contribution >= 4 is 17.5 Å². The minimum Gasteiger partial charge on any atom is -0.508 e. The predicted molar refractivity (Wildman–Crippen MR) is 254 cm³/mol. The highest BCUT2D eigenvalue weighted by Crippen LogP contribution is 2.72. The largest absolute Gasteiger partial charge is 0.508 e. The summed E-state index contributed by atoms with van der Waals surface area (Å²) in [5, 5.41) is 32.6. The Balaban J connectivity index is 1.08. The van der Waals surface area contributed by atoms with Gasteiger partial charge >= 0.3 is 11.9 Å². The second kappa shape index (κ2) is 18.8. The molecule has 8 atom stereocenters. The number of aromatic hydroxyl groups is 1. The third-order valence-corrected chi connectivity index (χ3v) is 16.6. The predicted octanol–water partition coefficient (Wildman–Crippen LogP) is 9.66. The molecule has 342 valence electrons. The molecule has 2 saturated carbocycles. The molecule has 3 aromatic carbocycles. The van der Waals surface area contributed by atoms with E-state index in [4.69, 9.17) is 9.47 Å². The van der Waals surface area contributed by atoms with Crippen molar-refractivity contribution in [2.45, 2.75) is 116 Å². The van der Waals surface area contributed by atoms with Crippen LogP contribution in [0.15, 0.2) is 113 Å². The number of esters is 2. The van der Waals surface area contributed by atoms with Crippen LogP contribution in [0.4, 0.5) is 0 Å². The summed E-state index contributed by atoms with van der Waals surface area (Å²) < 4.78 is 12.9. The number of ether oxygens (including phenoxy) is 2. The van der Waals surface area contributed by atoms with Gasteiger partial charge in [0.25, 0.3) is 0 Å². The number of carbonyl (C=O) groups is 2. The Bertz CT molecular complexity index is 2410. The zero-order chi connectivity index (χ0) is 44.7. The SMILES string of the molecule is CC[C@H](/C=C1\OC(=O)C2=C(c3cc(O)ccc3-c3cccc(CNC4CCCCC4)c3)[C@@H]3CC[C@@]21[C@H]1C2=C(CC[C@@H]31)C(=CC[C@H](CO)[C@@H]1CCN[C@@H](NC)C1)OC2=O)Cc1ccccc1. The molecule has 2 saturated heterocycles. The van der Waals surface area contributed by atoms with Crippen molar-refractivity contribution in [1.82, 2.24) is 16.0 Å². The van der Waals surface area contributed by atoms with Crippen LogP contribution in [0.2, 0.25) is 0 Å². The van der Waals surface area contributed by atoms with E-state index < -0.39 is 5.41 Å². The van der Waals surface area contributed by atoms with Crippen LogP contribution in [-0.2, 0) is 32.0 Å². The van der Waals surface area contributed by atoms with Gasteiger partial charge in [0.15, 0.2) is 0 Å². The van der Waals surface area contributed by atoms with Gasteiger partial charge in [0, 0.05) is 36.3 Å². The number of aliphatic hydroxyl groups excluding tert-OH is 1. The molecule has 3 heterocycles. The first-order valence-corrected chi connectivity index (χ1v) is 24.9. The molecule has 9 nitrogen and oxygen atoms in total. The molecular formula is C56H67N3O6. The smallest absolute Gasteiger partial charge is 0.340 e. The van der Waals surface area contributed by atoms with E-state index in [2.05, 4.69) is 83.6 Å². The van der Waals surface area contributed by atoms with Crippen molar-refractivity contribution in [3.63, 3.8) is 0 Å². The Labute approximate surface area is 384 Å². The molecule has 65 heavy (non-hydrogen) atoms. The zero-order valence-corrected chi connectivity index (χ0v) is 38.2. The van der Waals surface area contributed by atoms with E-state index in [1.807, 2.05) is 25.2 Å². The van der Waals surface area contributed by atoms with Gasteiger partial charge in [-0.05, 0) is 178 Å². The summed E-state index contributed by atoms with van der Waals surface area (Å²) in [5.41, 5.74) is 7.77. The number of benzene rings is 3. The van der Waals surface area contributed by atoms with Crippen LogP contribution >= 0.6 is 0 Å². The zero-order valence-electron chi connectivity index (χ0n) is 38.2. The maximum absolute atomic E-state index is 15.0. The van der Waals surface area contributed by atoms with Crippen LogP contribution < -0.4 is 16.0 Å². The molecule has 3 aromatic rings. The summed E-state index contributed by atoms with van der Waals surface area (Å²) in [6.45, 7) is 3.95. The van der Waals surface area contributed by atoms with Gasteiger partial charge < -0.3 is 35.6 Å². The first-order chi connectivity index (χ1) is 31.8. The third kappa shape index (κ3) is 8.25. The first kappa shape index (κ1) is 44.1. The van der Waals surface area contributed by atoms with Gasteiger partial charge in [-0.15, -0.1) is 0 Å². The Morgan fingerprint density at radius 2 is 1.72 bits per heavy atom. The summed E-state index contributed by atoms with van der Waals surface area (Å²) in [6.07, 6.45) is 18.1. The van der Waals surface area contributed by atoms with Crippen molar-refractivity contribution in [3.05, 3.63) is 130 Å². The van der Waals surface area contributed by atoms with E-state index in [0.29, 0.717) is 53.9 Å². The molecule has 2 bridgehead atoms. The summed E-state index contributed by atoms with van der Waals surface area (Å²) >= 11 is 0. The number of phenols is 1. The Morgan fingerprint density at radius 1 is 0.892 bits per heavy atom. The van der Waals surface area contributed by atoms with Crippen molar-refractivity contribution in [1.29, 1.82) is 0 Å². The van der Waals surface area contributed by atoms with Crippen LogP contribution in [0.25, 0.3) is 16.7 Å². The number of cyclic esters (lactones) is 2. The molecule has 1 spiro atoms. The van der Waals surface area contributed by atoms with Gasteiger partial charge in [-0.3, -0.25) is 0 Å². The van der Waals surface area contributed by atoms with Gasteiger partial charge in [0.05, 0.1) is 17.2 Å². The van der Waals surface area contributed by atoms with E-state index >= 15 is 0 Å². The summed E-state index contributed by atoms with van der Waals surface area (Å²) in [4.78, 5) is 29.6. The lowest BCUT2D eigenvalue weighted by atomic mass is 9.44. The molecule has 11 rings (SSSR count). The molecule has 0 radical (unpaired) electrons. The fraction of sp³-hybridized carbons (Fsp3) is 0.500. The van der Waals surface area contributed by atoms with Crippen LogP contribution in [0.1, 0.15) is 107 Å². The molecular weight excluding hydrogens is 811 g/mol. The Kier molecular flexibility index (Phi) is 12.8. The third-order valence-electron chi connectivity index (χ3n) is 16.6. The molecule has 4 fully saturated rings. The van der Waals surface area contributed by atoms with Gasteiger partial charge in [-0.1, -0.05) is 80.8 Å². The normalized spacial score (nSPS) is 29.7. The number of rotatable bonds is 14. The second-order valence-electron chi connectivity index (χ2n) is 20.1. The van der Waals surface area contributed by atoms with Gasteiger partial charge in [-0.2, -0.15) is 0 Å². The topological polar surface area (TPSA) is 129 Å². The van der Waals surface area contributed by atoms with Crippen molar-refractivity contribution < 1.29 is 29.3 Å². The molecule has 0 aromatic heterocycles. The quantitative estimate of drug-likeness (QED) is 0.101. The monoisotopic (exact) mass is 878 g/mol. The lowest BCUT2D eigenvalue weighted by Gasteiger charge is -2.56. The van der Waals surface area contributed by atoms with E-state index in [-0.39, 0.29) is 60.1 Å². The molecule has 3 aliphatic heterocycles. The van der Waals surface area contributed by atoms with E-state index in [1.54, 1.807) is 6.07 Å². The average Bonchev–Trinajstić information content (AvgIpc) is 3.83. The van der Waals surface area contributed by atoms with Crippen LogP contribution in [0.5, 0.6) is 5.75 Å². The summed E-state index contributed by atoms with van der Waals surface area (Å²) in [5.74, 6) is 1.04. The number of fused-ring (bicyclic) bond motifs is 1. The van der Waals surface area contributed by atoms with Crippen molar-refractivity contribution in [2.24, 2.45) is 40.9 Å². The van der Waals surface area contributed by atoms with E-state index in [9.17, 15) is 19.8 Å². The number of phenolic OH excluding ortho intramolecular Hbond substituents is 1. The van der Waals surface area contributed by atoms with Crippen molar-refractivity contribution in [2.75, 3.05) is 20.2 Å². The highest BCUT2D eigenvalue weighted by Gasteiger charge is 2.68. The number of hydrogen-bond acceptors (Lipinski definition) is 9. The fourth-order valence-corrected chi connectivity index (χ4v) is 13.4. The summed E-state index contributed by atoms with van der Waals surface area (Å²) in [6, 6.07) is 25.4. The minimum atomic E-state index is -0.870. The molecule has 5 aliphatic carbocycles. The lowest BCUT2D eigenvalue weighted by molar-refractivity contribution is -0.135. The standard InChI is InChI=1S/C56H67N3O6/c1-3-34(27-35-11-6-4-7-12-35)29-48-56-25-23-43(44-20-21-45-47(64-54(62)51(45)52(44)56)22-17-39(33-60)37-24-26-58-49(30-37)57-2)50(53(56)55(63)65-48)46-31-41(61)18-19-42(46)38-14-10-13-36(28-38)32-59-40-15-8-5-9-16-40/h4,6-7,10-14,18-19,22,28-29,31,34,37,39-40,43-44,49,52,57-61H,3,5,8-9,15-17,20-21,23-27,30,32-33H2,1-2H3/b47-22?,48-29-/t34-,37+,39+,43+,44-,49+,52+,56+/m0/s1. The van der Waals surface area contributed by atoms with Crippen molar-refractivity contribution in [3.8, 4) is 16.9 Å². The molecule has 0 amide bonds. The maximum Gasteiger partial charge on any atom is 0.340 e. The summed E-state index contributed by atoms with van der Waals surface area (Å²) in [7, 11) is 1.97. The fourth-order valence-electron chi connectivity index (χ4n) is 13.4. The van der Waals surface area contributed by atoms with E-state index in [0.717, 1.165) is 79.5 Å². The lowest BCUT2D eigenvalue weighted by Crippen LogP contribution is -2.52. The number of carbonyl (C=O) groups excluding carboxylic acids is 2. The average molecular weight is 878 g/mol. The van der Waals surface area contributed by atoms with Crippen LogP contribution in [0, 0.1) is 40.9 Å². The highest BCUT2D eigenvalue weighted by atomic mass is 16.5.